The van der Waals surface area contributed by atoms with Gasteiger partial charge < -0.3 is 15.7 Å². The molecular weight excluding hydrogens is 256 g/mol. The second kappa shape index (κ2) is 9.09. The summed E-state index contributed by atoms with van der Waals surface area (Å²) in [6, 6.07) is 9.27. The van der Waals surface area contributed by atoms with Crippen LogP contribution in [0.1, 0.15) is 37.8 Å². The summed E-state index contributed by atoms with van der Waals surface area (Å²) >= 11 is 0. The van der Waals surface area contributed by atoms with Gasteiger partial charge in [0, 0.05) is 13.2 Å². The molecule has 1 aromatic carbocycles. The molecule has 1 unspecified atom stereocenters. The average Bonchev–Trinajstić information content (AvgIpc) is 2.47. The minimum atomic E-state index is -0.622. The fourth-order valence-corrected chi connectivity index (χ4v) is 1.78. The maximum Gasteiger partial charge on any atom is 0.309 e. The number of aliphatic hydroxyl groups is 1. The van der Waals surface area contributed by atoms with E-state index in [0.29, 0.717) is 13.0 Å². The van der Waals surface area contributed by atoms with Crippen LogP contribution in [0.25, 0.3) is 0 Å². The van der Waals surface area contributed by atoms with Crippen molar-refractivity contribution in [3.8, 4) is 0 Å². The van der Waals surface area contributed by atoms with Gasteiger partial charge in [0.2, 0.25) is 0 Å². The number of hydrogen-bond acceptors (Lipinski definition) is 3. The first-order chi connectivity index (χ1) is 9.65. The van der Waals surface area contributed by atoms with Crippen LogP contribution >= 0.6 is 0 Å². The molecule has 0 spiro atoms. The third-order valence-electron chi connectivity index (χ3n) is 2.97. The second-order valence-corrected chi connectivity index (χ2v) is 4.65. The number of rotatable bonds is 7. The van der Waals surface area contributed by atoms with Crippen LogP contribution in [0.2, 0.25) is 0 Å². The van der Waals surface area contributed by atoms with Gasteiger partial charge in [0.1, 0.15) is 0 Å². The Morgan fingerprint density at radius 3 is 2.45 bits per heavy atom. The summed E-state index contributed by atoms with van der Waals surface area (Å²) < 4.78 is 0. The number of aliphatic hydroxyl groups excluding tert-OH is 1. The van der Waals surface area contributed by atoms with Crippen molar-refractivity contribution < 1.29 is 14.7 Å². The highest BCUT2D eigenvalue weighted by Crippen LogP contribution is 2.10. The summed E-state index contributed by atoms with van der Waals surface area (Å²) in [6.07, 6.45) is 2.31. The largest absolute Gasteiger partial charge is 0.396 e. The van der Waals surface area contributed by atoms with Crippen LogP contribution in [0.15, 0.2) is 30.3 Å². The van der Waals surface area contributed by atoms with E-state index in [2.05, 4.69) is 10.6 Å². The molecule has 5 nitrogen and oxygen atoms in total. The van der Waals surface area contributed by atoms with Crippen LogP contribution in [0.4, 0.5) is 0 Å². The summed E-state index contributed by atoms with van der Waals surface area (Å²) in [6.45, 7) is 2.44. The molecule has 0 aliphatic rings. The van der Waals surface area contributed by atoms with Gasteiger partial charge in [-0.1, -0.05) is 30.3 Å². The molecule has 0 aromatic heterocycles. The Labute approximate surface area is 119 Å². The van der Waals surface area contributed by atoms with E-state index in [9.17, 15) is 9.59 Å². The molecule has 0 aliphatic heterocycles. The van der Waals surface area contributed by atoms with Crippen molar-refractivity contribution >= 4 is 11.8 Å². The number of hydrogen-bond donors (Lipinski definition) is 3. The molecule has 1 atom stereocenters. The maximum absolute atomic E-state index is 11.7. The molecule has 0 saturated heterocycles. The first-order valence-corrected chi connectivity index (χ1v) is 6.89. The molecule has 0 radical (unpaired) electrons. The van der Waals surface area contributed by atoms with Gasteiger partial charge in [-0.05, 0) is 31.7 Å². The molecule has 0 fully saturated rings. The molecular formula is C15H22N2O3. The Hall–Kier alpha value is -1.88. The van der Waals surface area contributed by atoms with Crippen molar-refractivity contribution in [2.24, 2.45) is 0 Å². The van der Waals surface area contributed by atoms with Crippen LogP contribution in [0.3, 0.4) is 0 Å². The molecule has 5 heteroatoms. The van der Waals surface area contributed by atoms with E-state index in [1.54, 1.807) is 0 Å². The number of unbranched alkanes of at least 4 members (excludes halogenated alkanes) is 2. The van der Waals surface area contributed by atoms with Gasteiger partial charge in [-0.3, -0.25) is 9.59 Å². The number of amides is 2. The first-order valence-electron chi connectivity index (χ1n) is 6.89. The topological polar surface area (TPSA) is 78.4 Å². The standard InChI is InChI=1S/C15H22N2O3/c1-12(13-8-4-2-5-9-13)17-15(20)14(19)16-10-6-3-7-11-18/h2,4-5,8-9,12,18H,3,6-7,10-11H2,1H3,(H,16,19)(H,17,20). The molecule has 0 heterocycles. The summed E-state index contributed by atoms with van der Waals surface area (Å²) in [5, 5.41) is 13.8. The predicted octanol–water partition coefficient (Wildman–Crippen LogP) is 1.14. The normalized spacial score (nSPS) is 11.7. The first kappa shape index (κ1) is 16.2. The fourth-order valence-electron chi connectivity index (χ4n) is 1.78. The van der Waals surface area contributed by atoms with Crippen molar-refractivity contribution in [3.63, 3.8) is 0 Å². The SMILES string of the molecule is CC(NC(=O)C(=O)NCCCCCO)c1ccccc1. The molecule has 110 valence electrons. The van der Waals surface area contributed by atoms with Crippen molar-refractivity contribution in [1.82, 2.24) is 10.6 Å². The van der Waals surface area contributed by atoms with Gasteiger partial charge in [-0.15, -0.1) is 0 Å². The van der Waals surface area contributed by atoms with Crippen molar-refractivity contribution in [2.45, 2.75) is 32.2 Å². The fraction of sp³-hybridized carbons (Fsp3) is 0.467. The van der Waals surface area contributed by atoms with E-state index in [0.717, 1.165) is 18.4 Å². The maximum atomic E-state index is 11.7. The van der Waals surface area contributed by atoms with Crippen molar-refractivity contribution in [2.75, 3.05) is 13.2 Å². The van der Waals surface area contributed by atoms with Gasteiger partial charge in [0.25, 0.3) is 0 Å². The zero-order chi connectivity index (χ0) is 14.8. The van der Waals surface area contributed by atoms with E-state index in [-0.39, 0.29) is 12.6 Å². The van der Waals surface area contributed by atoms with Crippen LogP contribution in [-0.4, -0.2) is 30.1 Å². The molecule has 3 N–H and O–H groups in total. The van der Waals surface area contributed by atoms with Crippen molar-refractivity contribution in [1.29, 1.82) is 0 Å². The molecule has 0 saturated carbocycles. The zero-order valence-electron chi connectivity index (χ0n) is 11.8. The predicted molar refractivity (Wildman–Crippen MR) is 76.9 cm³/mol. The van der Waals surface area contributed by atoms with Crippen LogP contribution in [0, 0.1) is 0 Å². The molecule has 20 heavy (non-hydrogen) atoms. The Kier molecular flexibility index (Phi) is 7.35. The van der Waals surface area contributed by atoms with Crippen LogP contribution < -0.4 is 10.6 Å². The number of carbonyl (C=O) groups is 2. The molecule has 1 aromatic rings. The summed E-state index contributed by atoms with van der Waals surface area (Å²) in [5.74, 6) is -1.24. The van der Waals surface area contributed by atoms with E-state index in [1.165, 1.54) is 0 Å². The third kappa shape index (κ3) is 5.84. The third-order valence-corrected chi connectivity index (χ3v) is 2.97. The summed E-state index contributed by atoms with van der Waals surface area (Å²) in [5.41, 5.74) is 0.955. The van der Waals surface area contributed by atoms with Crippen LogP contribution in [-0.2, 0) is 9.59 Å². The number of carbonyl (C=O) groups excluding carboxylic acids is 2. The lowest BCUT2D eigenvalue weighted by atomic mass is 10.1. The van der Waals surface area contributed by atoms with Gasteiger partial charge in [-0.2, -0.15) is 0 Å². The van der Waals surface area contributed by atoms with Crippen LogP contribution in [0.5, 0.6) is 0 Å². The monoisotopic (exact) mass is 278 g/mol. The van der Waals surface area contributed by atoms with E-state index in [4.69, 9.17) is 5.11 Å². The van der Waals surface area contributed by atoms with E-state index >= 15 is 0 Å². The van der Waals surface area contributed by atoms with E-state index < -0.39 is 11.8 Å². The average molecular weight is 278 g/mol. The lowest BCUT2D eigenvalue weighted by Gasteiger charge is -2.13. The van der Waals surface area contributed by atoms with Gasteiger partial charge in [-0.25, -0.2) is 0 Å². The quantitative estimate of drug-likeness (QED) is 0.517. The van der Waals surface area contributed by atoms with Gasteiger partial charge in [0.05, 0.1) is 6.04 Å². The number of nitrogens with one attached hydrogen (secondary N) is 2. The Morgan fingerprint density at radius 2 is 1.80 bits per heavy atom. The van der Waals surface area contributed by atoms with Gasteiger partial charge >= 0.3 is 11.8 Å². The molecule has 1 rings (SSSR count). The Balaban J connectivity index is 2.29. The highest BCUT2D eigenvalue weighted by molar-refractivity contribution is 6.35. The second-order valence-electron chi connectivity index (χ2n) is 4.65. The lowest BCUT2D eigenvalue weighted by molar-refractivity contribution is -0.139. The number of benzene rings is 1. The summed E-state index contributed by atoms with van der Waals surface area (Å²) in [7, 11) is 0. The molecule has 0 aliphatic carbocycles. The Bertz CT molecular complexity index is 420. The van der Waals surface area contributed by atoms with Crippen molar-refractivity contribution in [3.05, 3.63) is 35.9 Å². The lowest BCUT2D eigenvalue weighted by Crippen LogP contribution is -2.41. The highest BCUT2D eigenvalue weighted by atomic mass is 16.3. The zero-order valence-corrected chi connectivity index (χ0v) is 11.8. The molecule has 0 bridgehead atoms. The smallest absolute Gasteiger partial charge is 0.309 e. The minimum Gasteiger partial charge on any atom is -0.396 e. The summed E-state index contributed by atoms with van der Waals surface area (Å²) in [4.78, 5) is 23.3. The highest BCUT2D eigenvalue weighted by Gasteiger charge is 2.16. The van der Waals surface area contributed by atoms with Gasteiger partial charge in [0.15, 0.2) is 0 Å². The Morgan fingerprint density at radius 1 is 1.10 bits per heavy atom. The van der Waals surface area contributed by atoms with E-state index in [1.807, 2.05) is 37.3 Å². The minimum absolute atomic E-state index is 0.156. The molecule has 2 amide bonds.